The third kappa shape index (κ3) is 5.35. The van der Waals surface area contributed by atoms with E-state index in [0.717, 1.165) is 5.82 Å². The lowest BCUT2D eigenvalue weighted by atomic mass is 10.1. The van der Waals surface area contributed by atoms with Crippen LogP contribution in [-0.2, 0) is 0 Å². The Labute approximate surface area is 104 Å². The summed E-state index contributed by atoms with van der Waals surface area (Å²) in [6, 6.07) is 6.16. The minimum absolute atomic E-state index is 0.437. The van der Waals surface area contributed by atoms with E-state index >= 15 is 0 Å². The molecule has 0 radical (unpaired) electrons. The molecule has 0 spiro atoms. The van der Waals surface area contributed by atoms with Crippen molar-refractivity contribution in [2.45, 2.75) is 52.0 Å². The van der Waals surface area contributed by atoms with E-state index in [2.05, 4.69) is 30.2 Å². The van der Waals surface area contributed by atoms with E-state index in [1.807, 2.05) is 6.07 Å². The molecule has 0 aliphatic carbocycles. The van der Waals surface area contributed by atoms with Crippen LogP contribution in [0.3, 0.4) is 0 Å². The van der Waals surface area contributed by atoms with Gasteiger partial charge in [0.2, 0.25) is 0 Å². The van der Waals surface area contributed by atoms with E-state index in [1.54, 1.807) is 12.3 Å². The molecule has 1 rings (SSSR count). The Morgan fingerprint density at radius 1 is 1.35 bits per heavy atom. The molecule has 1 heterocycles. The van der Waals surface area contributed by atoms with Crippen molar-refractivity contribution in [3.8, 4) is 6.07 Å². The maximum absolute atomic E-state index is 8.67. The maximum Gasteiger partial charge on any atom is 0.126 e. The van der Waals surface area contributed by atoms with Crippen LogP contribution in [0.2, 0.25) is 0 Å². The summed E-state index contributed by atoms with van der Waals surface area (Å²) in [5, 5.41) is 12.0. The molecule has 0 saturated carbocycles. The zero-order valence-electron chi connectivity index (χ0n) is 10.7. The highest BCUT2D eigenvalue weighted by Crippen LogP contribution is 2.10. The van der Waals surface area contributed by atoms with Crippen LogP contribution in [0.15, 0.2) is 18.3 Å². The van der Waals surface area contributed by atoms with Gasteiger partial charge in [0.25, 0.3) is 0 Å². The van der Waals surface area contributed by atoms with Crippen molar-refractivity contribution in [3.05, 3.63) is 23.9 Å². The average molecular weight is 231 g/mol. The van der Waals surface area contributed by atoms with E-state index in [1.165, 1.54) is 32.1 Å². The van der Waals surface area contributed by atoms with Gasteiger partial charge in [-0.15, -0.1) is 0 Å². The van der Waals surface area contributed by atoms with E-state index in [4.69, 9.17) is 5.26 Å². The quantitative estimate of drug-likeness (QED) is 0.727. The Morgan fingerprint density at radius 2 is 2.18 bits per heavy atom. The summed E-state index contributed by atoms with van der Waals surface area (Å²) >= 11 is 0. The molecule has 0 aromatic carbocycles. The number of aromatic nitrogens is 1. The summed E-state index contributed by atoms with van der Waals surface area (Å²) < 4.78 is 0. The first-order chi connectivity index (χ1) is 8.26. The van der Waals surface area contributed by atoms with Crippen molar-refractivity contribution in [2.75, 3.05) is 5.32 Å². The van der Waals surface area contributed by atoms with Gasteiger partial charge < -0.3 is 5.32 Å². The van der Waals surface area contributed by atoms with Crippen LogP contribution in [0.1, 0.15) is 51.5 Å². The topological polar surface area (TPSA) is 48.7 Å². The van der Waals surface area contributed by atoms with Gasteiger partial charge in [-0.25, -0.2) is 4.98 Å². The van der Waals surface area contributed by atoms with Gasteiger partial charge in [-0.1, -0.05) is 32.6 Å². The highest BCUT2D eigenvalue weighted by molar-refractivity contribution is 5.39. The highest BCUT2D eigenvalue weighted by Gasteiger charge is 2.02. The van der Waals surface area contributed by atoms with Crippen LogP contribution in [0.25, 0.3) is 0 Å². The molecule has 1 aromatic heterocycles. The van der Waals surface area contributed by atoms with Gasteiger partial charge in [0.05, 0.1) is 5.56 Å². The van der Waals surface area contributed by atoms with Crippen LogP contribution in [0.4, 0.5) is 5.82 Å². The normalized spacial score (nSPS) is 11.8. The molecule has 17 heavy (non-hydrogen) atoms. The van der Waals surface area contributed by atoms with Gasteiger partial charge in [0, 0.05) is 12.2 Å². The Hall–Kier alpha value is -1.56. The molecule has 1 unspecified atom stereocenters. The maximum atomic E-state index is 8.67. The summed E-state index contributed by atoms with van der Waals surface area (Å²) in [6.45, 7) is 4.40. The number of pyridine rings is 1. The van der Waals surface area contributed by atoms with E-state index in [9.17, 15) is 0 Å². The molecule has 1 atom stereocenters. The van der Waals surface area contributed by atoms with Crippen LogP contribution in [0.5, 0.6) is 0 Å². The second-order valence-corrected chi connectivity index (χ2v) is 4.44. The Morgan fingerprint density at radius 3 is 2.76 bits per heavy atom. The fourth-order valence-electron chi connectivity index (χ4n) is 1.75. The van der Waals surface area contributed by atoms with Gasteiger partial charge in [-0.05, 0) is 25.5 Å². The summed E-state index contributed by atoms with van der Waals surface area (Å²) in [5.74, 6) is 0.854. The molecule has 0 aliphatic rings. The fraction of sp³-hybridized carbons (Fsp3) is 0.571. The third-order valence-electron chi connectivity index (χ3n) is 2.78. The number of nitrogens with zero attached hydrogens (tertiary/aromatic N) is 2. The number of anilines is 1. The molecule has 3 heteroatoms. The molecule has 0 fully saturated rings. The van der Waals surface area contributed by atoms with Gasteiger partial charge in [-0.3, -0.25) is 0 Å². The second-order valence-electron chi connectivity index (χ2n) is 4.44. The lowest BCUT2D eigenvalue weighted by Gasteiger charge is -2.14. The number of nitrogens with one attached hydrogen (secondary N) is 1. The predicted molar refractivity (Wildman–Crippen MR) is 70.8 cm³/mol. The predicted octanol–water partition coefficient (Wildman–Crippen LogP) is 3.72. The largest absolute Gasteiger partial charge is 0.368 e. The summed E-state index contributed by atoms with van der Waals surface area (Å²) in [4.78, 5) is 4.20. The Bertz CT molecular complexity index is 351. The molecule has 1 N–H and O–H groups in total. The van der Waals surface area contributed by atoms with E-state index in [-0.39, 0.29) is 0 Å². The summed E-state index contributed by atoms with van der Waals surface area (Å²) in [6.07, 6.45) is 7.94. The van der Waals surface area contributed by atoms with E-state index in [0.29, 0.717) is 11.6 Å². The van der Waals surface area contributed by atoms with Gasteiger partial charge in [0.15, 0.2) is 0 Å². The van der Waals surface area contributed by atoms with Gasteiger partial charge in [-0.2, -0.15) is 5.26 Å². The number of hydrogen-bond acceptors (Lipinski definition) is 3. The minimum Gasteiger partial charge on any atom is -0.368 e. The van der Waals surface area contributed by atoms with Crippen molar-refractivity contribution in [1.82, 2.24) is 4.98 Å². The molecule has 3 nitrogen and oxygen atoms in total. The molecule has 0 saturated heterocycles. The first-order valence-corrected chi connectivity index (χ1v) is 6.39. The van der Waals surface area contributed by atoms with Crippen LogP contribution < -0.4 is 5.32 Å². The lowest BCUT2D eigenvalue weighted by Crippen LogP contribution is -2.15. The minimum atomic E-state index is 0.437. The Kier molecular flexibility index (Phi) is 6.09. The number of hydrogen-bond donors (Lipinski definition) is 1. The fourth-order valence-corrected chi connectivity index (χ4v) is 1.75. The standard InChI is InChI=1S/C14H21N3/c1-3-4-5-6-7-12(2)17-14-9-8-13(10-15)11-16-14/h8-9,11-12H,3-7H2,1-2H3,(H,16,17). The Balaban J connectivity index is 2.30. The first-order valence-electron chi connectivity index (χ1n) is 6.39. The number of nitriles is 1. The van der Waals surface area contributed by atoms with Crippen molar-refractivity contribution in [2.24, 2.45) is 0 Å². The van der Waals surface area contributed by atoms with E-state index < -0.39 is 0 Å². The van der Waals surface area contributed by atoms with Crippen LogP contribution in [0, 0.1) is 11.3 Å². The van der Waals surface area contributed by atoms with Crippen molar-refractivity contribution in [3.63, 3.8) is 0 Å². The SMILES string of the molecule is CCCCCCC(C)Nc1ccc(C#N)cn1. The second kappa shape index (κ2) is 7.67. The first kappa shape index (κ1) is 13.5. The molecular weight excluding hydrogens is 210 g/mol. The number of unbranched alkanes of at least 4 members (excludes halogenated alkanes) is 3. The van der Waals surface area contributed by atoms with Crippen molar-refractivity contribution < 1.29 is 0 Å². The number of rotatable bonds is 7. The monoisotopic (exact) mass is 231 g/mol. The smallest absolute Gasteiger partial charge is 0.126 e. The summed E-state index contributed by atoms with van der Waals surface area (Å²) in [5.41, 5.74) is 0.603. The molecule has 0 aliphatic heterocycles. The van der Waals surface area contributed by atoms with Gasteiger partial charge >= 0.3 is 0 Å². The van der Waals surface area contributed by atoms with Crippen molar-refractivity contribution in [1.29, 1.82) is 5.26 Å². The molecule has 1 aromatic rings. The molecular formula is C14H21N3. The molecule has 0 bridgehead atoms. The van der Waals surface area contributed by atoms with Crippen LogP contribution >= 0.6 is 0 Å². The van der Waals surface area contributed by atoms with Gasteiger partial charge in [0.1, 0.15) is 11.9 Å². The zero-order chi connectivity index (χ0) is 12.5. The third-order valence-corrected chi connectivity index (χ3v) is 2.78. The lowest BCUT2D eigenvalue weighted by molar-refractivity contribution is 0.593. The highest BCUT2D eigenvalue weighted by atomic mass is 15.0. The van der Waals surface area contributed by atoms with Crippen LogP contribution in [-0.4, -0.2) is 11.0 Å². The average Bonchev–Trinajstić information content (AvgIpc) is 2.36. The summed E-state index contributed by atoms with van der Waals surface area (Å²) in [7, 11) is 0. The van der Waals surface area contributed by atoms with Crippen molar-refractivity contribution >= 4 is 5.82 Å². The zero-order valence-corrected chi connectivity index (χ0v) is 10.7. The molecule has 0 amide bonds. The molecule has 92 valence electrons.